The van der Waals surface area contributed by atoms with Crippen molar-refractivity contribution >= 4 is 0 Å². The molecule has 2 aliphatic heterocycles. The molecule has 0 spiro atoms. The normalized spacial score (nSPS) is 24.6. The van der Waals surface area contributed by atoms with Crippen LogP contribution < -0.4 is 10.1 Å². The molecule has 1 aromatic heterocycles. The van der Waals surface area contributed by atoms with Crippen LogP contribution in [0.3, 0.4) is 0 Å². The molecule has 4 nitrogen and oxygen atoms in total. The minimum absolute atomic E-state index is 0.208. The molecular formula is C16H19N3O. The minimum Gasteiger partial charge on any atom is -0.493 e. The van der Waals surface area contributed by atoms with Crippen LogP contribution in [-0.2, 0) is 18.4 Å². The number of aromatic nitrogens is 2. The minimum atomic E-state index is -0.208. The lowest BCUT2D eigenvalue weighted by Gasteiger charge is -2.35. The van der Waals surface area contributed by atoms with Crippen molar-refractivity contribution in [1.82, 2.24) is 15.3 Å². The first kappa shape index (κ1) is 12.0. The highest BCUT2D eigenvalue weighted by Crippen LogP contribution is 2.36. The number of aromatic amines is 1. The molecule has 1 atom stereocenters. The lowest BCUT2D eigenvalue weighted by Crippen LogP contribution is -2.46. The Morgan fingerprint density at radius 2 is 2.25 bits per heavy atom. The quantitative estimate of drug-likeness (QED) is 0.834. The molecule has 0 fully saturated rings. The summed E-state index contributed by atoms with van der Waals surface area (Å²) in [5, 5.41) is 3.64. The van der Waals surface area contributed by atoms with Crippen LogP contribution in [0.2, 0.25) is 0 Å². The standard InChI is InChI=1S/C16H19N3O/c1-16(15-13(6-7-19-16)17-10-18-15)12-4-5-14-11(9-12)3-2-8-20-14/h4-5,9-10,19H,2-3,6-8H2,1H3,(H,17,18). The van der Waals surface area contributed by atoms with Crippen molar-refractivity contribution in [2.75, 3.05) is 13.2 Å². The molecule has 4 rings (SSSR count). The number of hydrogen-bond acceptors (Lipinski definition) is 3. The van der Waals surface area contributed by atoms with E-state index in [0.29, 0.717) is 0 Å². The highest BCUT2D eigenvalue weighted by atomic mass is 16.5. The molecule has 2 N–H and O–H groups in total. The van der Waals surface area contributed by atoms with Crippen LogP contribution in [0.25, 0.3) is 0 Å². The second-order valence-corrected chi connectivity index (χ2v) is 5.81. The Bertz CT molecular complexity index is 649. The number of imidazole rings is 1. The zero-order chi connectivity index (χ0) is 13.6. The second-order valence-electron chi connectivity index (χ2n) is 5.81. The maximum atomic E-state index is 5.71. The Balaban J connectivity index is 1.81. The van der Waals surface area contributed by atoms with Crippen LogP contribution >= 0.6 is 0 Å². The van der Waals surface area contributed by atoms with Crippen molar-refractivity contribution in [2.45, 2.75) is 31.7 Å². The lowest BCUT2D eigenvalue weighted by atomic mass is 9.83. The van der Waals surface area contributed by atoms with Crippen LogP contribution in [0.5, 0.6) is 5.75 Å². The number of nitrogens with zero attached hydrogens (tertiary/aromatic N) is 1. The second kappa shape index (κ2) is 4.35. The third-order valence-corrected chi connectivity index (χ3v) is 4.53. The van der Waals surface area contributed by atoms with Crippen molar-refractivity contribution in [3.63, 3.8) is 0 Å². The van der Waals surface area contributed by atoms with Crippen LogP contribution in [0.4, 0.5) is 0 Å². The highest BCUT2D eigenvalue weighted by Gasteiger charge is 2.36. The van der Waals surface area contributed by atoms with Gasteiger partial charge in [0.05, 0.1) is 24.2 Å². The molecule has 2 aliphatic rings. The molecule has 20 heavy (non-hydrogen) atoms. The number of rotatable bonds is 1. The van der Waals surface area contributed by atoms with E-state index in [0.717, 1.165) is 43.9 Å². The third-order valence-electron chi connectivity index (χ3n) is 4.53. The van der Waals surface area contributed by atoms with Gasteiger partial charge in [-0.15, -0.1) is 0 Å². The van der Waals surface area contributed by atoms with E-state index in [-0.39, 0.29) is 5.54 Å². The van der Waals surface area contributed by atoms with E-state index >= 15 is 0 Å². The van der Waals surface area contributed by atoms with Gasteiger partial charge >= 0.3 is 0 Å². The Labute approximate surface area is 118 Å². The first-order valence-electron chi connectivity index (χ1n) is 7.31. The van der Waals surface area contributed by atoms with Gasteiger partial charge in [0.2, 0.25) is 0 Å². The predicted molar refractivity (Wildman–Crippen MR) is 77.0 cm³/mol. The Morgan fingerprint density at radius 3 is 3.20 bits per heavy atom. The number of hydrogen-bond donors (Lipinski definition) is 2. The fourth-order valence-electron chi connectivity index (χ4n) is 3.37. The number of H-pyrrole nitrogens is 1. The predicted octanol–water partition coefficient (Wildman–Crippen LogP) is 2.14. The molecule has 1 unspecified atom stereocenters. The molecule has 0 amide bonds. The zero-order valence-corrected chi connectivity index (χ0v) is 11.7. The molecule has 0 saturated heterocycles. The van der Waals surface area contributed by atoms with E-state index in [1.165, 1.54) is 16.8 Å². The van der Waals surface area contributed by atoms with Gasteiger partial charge in [0, 0.05) is 18.7 Å². The van der Waals surface area contributed by atoms with Gasteiger partial charge in [-0.1, -0.05) is 6.07 Å². The summed E-state index contributed by atoms with van der Waals surface area (Å²) in [6.45, 7) is 4.03. The third kappa shape index (κ3) is 1.68. The van der Waals surface area contributed by atoms with E-state index in [9.17, 15) is 0 Å². The fourth-order valence-corrected chi connectivity index (χ4v) is 3.37. The SMILES string of the molecule is CC1(c2ccc3c(c2)CCCO3)NCCc2[nH]cnc21. The number of nitrogens with one attached hydrogen (secondary N) is 2. The molecule has 2 aromatic rings. The average Bonchev–Trinajstić information content (AvgIpc) is 2.97. The summed E-state index contributed by atoms with van der Waals surface area (Å²) in [5.41, 5.74) is 4.76. The van der Waals surface area contributed by atoms with Gasteiger partial charge in [0.1, 0.15) is 5.75 Å². The van der Waals surface area contributed by atoms with Crippen molar-refractivity contribution in [3.05, 3.63) is 47.0 Å². The number of benzene rings is 1. The van der Waals surface area contributed by atoms with Gasteiger partial charge in [-0.3, -0.25) is 0 Å². The van der Waals surface area contributed by atoms with E-state index in [2.05, 4.69) is 40.4 Å². The zero-order valence-electron chi connectivity index (χ0n) is 11.7. The Hall–Kier alpha value is -1.81. The average molecular weight is 269 g/mol. The summed E-state index contributed by atoms with van der Waals surface area (Å²) >= 11 is 0. The van der Waals surface area contributed by atoms with Gasteiger partial charge in [0.15, 0.2) is 0 Å². The van der Waals surface area contributed by atoms with Crippen molar-refractivity contribution < 1.29 is 4.74 Å². The molecule has 0 radical (unpaired) electrons. The molecule has 3 heterocycles. The van der Waals surface area contributed by atoms with E-state index in [4.69, 9.17) is 4.74 Å². The number of fused-ring (bicyclic) bond motifs is 2. The summed E-state index contributed by atoms with van der Waals surface area (Å²) in [6, 6.07) is 6.56. The van der Waals surface area contributed by atoms with Crippen molar-refractivity contribution in [2.24, 2.45) is 0 Å². The van der Waals surface area contributed by atoms with Crippen molar-refractivity contribution in [1.29, 1.82) is 0 Å². The van der Waals surface area contributed by atoms with Crippen LogP contribution in [0, 0.1) is 0 Å². The smallest absolute Gasteiger partial charge is 0.122 e. The van der Waals surface area contributed by atoms with E-state index in [1.54, 1.807) is 6.33 Å². The molecule has 104 valence electrons. The van der Waals surface area contributed by atoms with Crippen LogP contribution in [0.15, 0.2) is 24.5 Å². The van der Waals surface area contributed by atoms with Gasteiger partial charge < -0.3 is 15.0 Å². The molecule has 0 aliphatic carbocycles. The monoisotopic (exact) mass is 269 g/mol. The van der Waals surface area contributed by atoms with Gasteiger partial charge in [-0.25, -0.2) is 4.98 Å². The number of ether oxygens (including phenoxy) is 1. The topological polar surface area (TPSA) is 49.9 Å². The summed E-state index contributed by atoms with van der Waals surface area (Å²) in [4.78, 5) is 7.82. The van der Waals surface area contributed by atoms with Crippen molar-refractivity contribution in [3.8, 4) is 5.75 Å². The summed E-state index contributed by atoms with van der Waals surface area (Å²) in [5.74, 6) is 1.04. The summed E-state index contributed by atoms with van der Waals surface area (Å²) < 4.78 is 5.71. The van der Waals surface area contributed by atoms with E-state index < -0.39 is 0 Å². The van der Waals surface area contributed by atoms with Gasteiger partial charge in [-0.2, -0.15) is 0 Å². The van der Waals surface area contributed by atoms with Gasteiger partial charge in [0.25, 0.3) is 0 Å². The first-order valence-corrected chi connectivity index (χ1v) is 7.31. The first-order chi connectivity index (χ1) is 9.77. The lowest BCUT2D eigenvalue weighted by molar-refractivity contribution is 0.287. The molecular weight excluding hydrogens is 250 g/mol. The Kier molecular flexibility index (Phi) is 2.60. The molecule has 1 aromatic carbocycles. The van der Waals surface area contributed by atoms with E-state index in [1.807, 2.05) is 0 Å². The molecule has 0 saturated carbocycles. The fraction of sp³-hybridized carbons (Fsp3) is 0.438. The van der Waals surface area contributed by atoms with Crippen LogP contribution in [0.1, 0.15) is 35.9 Å². The maximum absolute atomic E-state index is 5.71. The molecule has 4 heteroatoms. The highest BCUT2D eigenvalue weighted by molar-refractivity contribution is 5.45. The maximum Gasteiger partial charge on any atom is 0.122 e. The van der Waals surface area contributed by atoms with Crippen LogP contribution in [-0.4, -0.2) is 23.1 Å². The summed E-state index contributed by atoms with van der Waals surface area (Å²) in [6.07, 6.45) is 5.03. The molecule has 0 bridgehead atoms. The summed E-state index contributed by atoms with van der Waals surface area (Å²) in [7, 11) is 0. The van der Waals surface area contributed by atoms with Gasteiger partial charge in [-0.05, 0) is 43.0 Å². The Morgan fingerprint density at radius 1 is 1.30 bits per heavy atom. The number of aryl methyl sites for hydroxylation is 1. The largest absolute Gasteiger partial charge is 0.493 e.